The molecule has 2 heterocycles. The molecule has 2 rings (SSSR count). The molecule has 0 aliphatic heterocycles. The van der Waals surface area contributed by atoms with E-state index in [1.165, 1.54) is 18.0 Å². The normalized spacial score (nSPS) is 11.2. The zero-order valence-electron chi connectivity index (χ0n) is 9.14. The summed E-state index contributed by atoms with van der Waals surface area (Å²) in [4.78, 5) is 3.89. The molecule has 0 aromatic carbocycles. The molecule has 1 N–H and O–H groups in total. The van der Waals surface area contributed by atoms with Crippen molar-refractivity contribution in [3.8, 4) is 0 Å². The summed E-state index contributed by atoms with van der Waals surface area (Å²) in [5.41, 5.74) is 1.26. The van der Waals surface area contributed by atoms with Crippen LogP contribution in [0.2, 0.25) is 0 Å². The molecular weight excluding hydrogens is 244 g/mol. The van der Waals surface area contributed by atoms with E-state index in [0.29, 0.717) is 12.4 Å². The third-order valence-electron chi connectivity index (χ3n) is 2.41. The van der Waals surface area contributed by atoms with Crippen LogP contribution in [-0.4, -0.2) is 16.1 Å². The first-order chi connectivity index (χ1) is 8.27. The van der Waals surface area contributed by atoms with Crippen LogP contribution in [0.25, 0.3) is 0 Å². The zero-order valence-corrected chi connectivity index (χ0v) is 9.96. The number of hydrogen-bond donors (Lipinski definition) is 1. The Kier molecular flexibility index (Phi) is 4.22. The Morgan fingerprint density at radius 1 is 1.47 bits per heavy atom. The van der Waals surface area contributed by atoms with Crippen LogP contribution < -0.4 is 5.32 Å². The quantitative estimate of drug-likeness (QED) is 0.806. The second kappa shape index (κ2) is 5.88. The summed E-state index contributed by atoms with van der Waals surface area (Å²) >= 11 is 1.66. The molecule has 0 spiro atoms. The number of rotatable bonds is 6. The maximum absolute atomic E-state index is 12.5. The predicted molar refractivity (Wildman–Crippen MR) is 63.2 cm³/mol. The smallest absolute Gasteiger partial charge is 0.310 e. The molecular formula is C11H13F2N3S. The highest BCUT2D eigenvalue weighted by Crippen LogP contribution is 2.12. The highest BCUT2D eigenvalue weighted by Gasteiger charge is 2.10. The van der Waals surface area contributed by atoms with Crippen molar-refractivity contribution in [3.05, 3.63) is 40.6 Å². The second-order valence-corrected chi connectivity index (χ2v) is 4.37. The van der Waals surface area contributed by atoms with Gasteiger partial charge in [-0.15, -0.1) is 0 Å². The van der Waals surface area contributed by atoms with Gasteiger partial charge in [0.2, 0.25) is 0 Å². The molecule has 92 valence electrons. The van der Waals surface area contributed by atoms with Crippen molar-refractivity contribution in [1.29, 1.82) is 0 Å². The average molecular weight is 257 g/mol. The summed E-state index contributed by atoms with van der Waals surface area (Å²) in [6.45, 7) is -1.40. The Balaban J connectivity index is 1.76. The van der Waals surface area contributed by atoms with Gasteiger partial charge in [0.1, 0.15) is 5.82 Å². The maximum atomic E-state index is 12.5. The predicted octanol–water partition coefficient (Wildman–Crippen LogP) is 2.67. The SMILES string of the molecule is FC(F)n1ccnc1CNCCc1ccsc1. The standard InChI is InChI=1S/C11H13F2N3S/c12-11(13)16-5-4-15-10(16)7-14-3-1-9-2-6-17-8-9/h2,4-6,8,11,14H,1,3,7H2. The van der Waals surface area contributed by atoms with E-state index in [0.717, 1.165) is 17.5 Å². The lowest BCUT2D eigenvalue weighted by Crippen LogP contribution is -2.19. The fourth-order valence-corrected chi connectivity index (χ4v) is 2.23. The summed E-state index contributed by atoms with van der Waals surface area (Å²) in [6, 6.07) is 2.06. The molecule has 6 heteroatoms. The van der Waals surface area contributed by atoms with Gasteiger partial charge in [-0.05, 0) is 35.4 Å². The van der Waals surface area contributed by atoms with Gasteiger partial charge in [-0.1, -0.05) is 0 Å². The number of alkyl halides is 2. The third-order valence-corrected chi connectivity index (χ3v) is 3.14. The van der Waals surface area contributed by atoms with Crippen LogP contribution in [0.3, 0.4) is 0 Å². The number of aromatic nitrogens is 2. The van der Waals surface area contributed by atoms with Gasteiger partial charge < -0.3 is 5.32 Å². The number of hydrogen-bond acceptors (Lipinski definition) is 3. The molecule has 0 aliphatic rings. The molecule has 0 saturated carbocycles. The molecule has 0 radical (unpaired) electrons. The van der Waals surface area contributed by atoms with Gasteiger partial charge in [-0.3, -0.25) is 4.57 Å². The van der Waals surface area contributed by atoms with Crippen LogP contribution in [0, 0.1) is 0 Å². The number of nitrogens with zero attached hydrogens (tertiary/aromatic N) is 2. The Labute approximate surface area is 102 Å². The van der Waals surface area contributed by atoms with E-state index in [4.69, 9.17) is 0 Å². The van der Waals surface area contributed by atoms with E-state index in [9.17, 15) is 8.78 Å². The molecule has 0 unspecified atom stereocenters. The fraction of sp³-hybridized carbons (Fsp3) is 0.364. The Morgan fingerprint density at radius 2 is 2.35 bits per heavy atom. The molecule has 0 aliphatic carbocycles. The minimum Gasteiger partial charge on any atom is -0.310 e. The summed E-state index contributed by atoms with van der Waals surface area (Å²) in [7, 11) is 0. The molecule has 0 saturated heterocycles. The van der Waals surface area contributed by atoms with Crippen molar-refractivity contribution in [3.63, 3.8) is 0 Å². The van der Waals surface area contributed by atoms with Crippen LogP contribution in [-0.2, 0) is 13.0 Å². The van der Waals surface area contributed by atoms with Crippen LogP contribution in [0.1, 0.15) is 17.9 Å². The van der Waals surface area contributed by atoms with Crippen molar-refractivity contribution in [2.75, 3.05) is 6.54 Å². The van der Waals surface area contributed by atoms with Crippen LogP contribution in [0.4, 0.5) is 8.78 Å². The van der Waals surface area contributed by atoms with E-state index in [1.54, 1.807) is 11.3 Å². The Hall–Kier alpha value is -1.27. The molecule has 0 bridgehead atoms. The van der Waals surface area contributed by atoms with Crippen LogP contribution >= 0.6 is 11.3 Å². The van der Waals surface area contributed by atoms with Gasteiger partial charge >= 0.3 is 6.55 Å². The van der Waals surface area contributed by atoms with E-state index >= 15 is 0 Å². The topological polar surface area (TPSA) is 29.9 Å². The van der Waals surface area contributed by atoms with Gasteiger partial charge in [0.25, 0.3) is 0 Å². The summed E-state index contributed by atoms with van der Waals surface area (Å²) in [5, 5.41) is 7.22. The largest absolute Gasteiger partial charge is 0.319 e. The van der Waals surface area contributed by atoms with E-state index in [-0.39, 0.29) is 0 Å². The Morgan fingerprint density at radius 3 is 3.06 bits per heavy atom. The van der Waals surface area contributed by atoms with Gasteiger partial charge in [0.05, 0.1) is 6.54 Å². The summed E-state index contributed by atoms with van der Waals surface area (Å²) in [5.74, 6) is 0.366. The number of nitrogens with one attached hydrogen (secondary N) is 1. The lowest BCUT2D eigenvalue weighted by molar-refractivity contribution is 0.0666. The van der Waals surface area contributed by atoms with Crippen molar-refractivity contribution >= 4 is 11.3 Å². The summed E-state index contributed by atoms with van der Waals surface area (Å²) in [6.07, 6.45) is 3.58. The lowest BCUT2D eigenvalue weighted by atomic mass is 10.2. The van der Waals surface area contributed by atoms with E-state index in [2.05, 4.69) is 21.7 Å². The van der Waals surface area contributed by atoms with Crippen molar-refractivity contribution in [2.24, 2.45) is 0 Å². The molecule has 0 fully saturated rings. The molecule has 3 nitrogen and oxygen atoms in total. The van der Waals surface area contributed by atoms with Crippen molar-refractivity contribution in [1.82, 2.24) is 14.9 Å². The Bertz CT molecular complexity index is 439. The zero-order chi connectivity index (χ0) is 12.1. The van der Waals surface area contributed by atoms with Crippen LogP contribution in [0.15, 0.2) is 29.2 Å². The minimum atomic E-state index is -2.52. The highest BCUT2D eigenvalue weighted by molar-refractivity contribution is 7.07. The second-order valence-electron chi connectivity index (χ2n) is 3.59. The molecule has 2 aromatic heterocycles. The fourth-order valence-electron chi connectivity index (χ4n) is 1.53. The van der Waals surface area contributed by atoms with Gasteiger partial charge in [0, 0.05) is 12.4 Å². The molecule has 2 aromatic rings. The number of imidazole rings is 1. The van der Waals surface area contributed by atoms with Gasteiger partial charge in [-0.2, -0.15) is 20.1 Å². The first kappa shape index (κ1) is 12.2. The first-order valence-electron chi connectivity index (χ1n) is 5.29. The number of thiophene rings is 1. The van der Waals surface area contributed by atoms with Gasteiger partial charge in [-0.25, -0.2) is 4.98 Å². The molecule has 0 atom stereocenters. The molecule has 0 amide bonds. The minimum absolute atomic E-state index is 0.363. The van der Waals surface area contributed by atoms with Crippen LogP contribution in [0.5, 0.6) is 0 Å². The first-order valence-corrected chi connectivity index (χ1v) is 6.23. The van der Waals surface area contributed by atoms with Crippen molar-refractivity contribution in [2.45, 2.75) is 19.5 Å². The van der Waals surface area contributed by atoms with Crippen molar-refractivity contribution < 1.29 is 8.78 Å². The molecule has 17 heavy (non-hydrogen) atoms. The monoisotopic (exact) mass is 257 g/mol. The van der Waals surface area contributed by atoms with Gasteiger partial charge in [0.15, 0.2) is 0 Å². The highest BCUT2D eigenvalue weighted by atomic mass is 32.1. The van der Waals surface area contributed by atoms with E-state index < -0.39 is 6.55 Å². The number of halogens is 2. The average Bonchev–Trinajstić information content (AvgIpc) is 2.95. The van der Waals surface area contributed by atoms with E-state index in [1.807, 2.05) is 5.38 Å². The summed E-state index contributed by atoms with van der Waals surface area (Å²) < 4.78 is 25.9. The maximum Gasteiger partial charge on any atom is 0.319 e. The lowest BCUT2D eigenvalue weighted by Gasteiger charge is -2.07. The third kappa shape index (κ3) is 3.34.